The van der Waals surface area contributed by atoms with Gasteiger partial charge in [0, 0.05) is 6.42 Å². The SMILES string of the molecule is O=C1CCCCC1SCC1CC2CCC1C2. The lowest BCUT2D eigenvalue weighted by atomic mass is 9.90. The van der Waals surface area contributed by atoms with Crippen LogP contribution in [0.1, 0.15) is 51.4 Å². The van der Waals surface area contributed by atoms with Crippen molar-refractivity contribution in [2.45, 2.75) is 56.6 Å². The molecule has 4 atom stereocenters. The third-order valence-electron chi connectivity index (χ3n) is 4.89. The third kappa shape index (κ3) is 2.18. The Morgan fingerprint density at radius 2 is 2.06 bits per heavy atom. The summed E-state index contributed by atoms with van der Waals surface area (Å²) in [6, 6.07) is 0. The molecule has 0 aromatic rings. The maximum absolute atomic E-state index is 11.7. The largest absolute Gasteiger partial charge is 0.298 e. The Labute approximate surface area is 103 Å². The number of fused-ring (bicyclic) bond motifs is 2. The van der Waals surface area contributed by atoms with Gasteiger partial charge >= 0.3 is 0 Å². The van der Waals surface area contributed by atoms with Gasteiger partial charge in [0.1, 0.15) is 5.78 Å². The molecular weight excluding hydrogens is 216 g/mol. The van der Waals surface area contributed by atoms with E-state index >= 15 is 0 Å². The number of thioether (sulfide) groups is 1. The average Bonchev–Trinajstić information content (AvgIpc) is 2.90. The first-order chi connectivity index (χ1) is 7.83. The van der Waals surface area contributed by atoms with Gasteiger partial charge in [-0.3, -0.25) is 4.79 Å². The molecule has 3 saturated carbocycles. The Morgan fingerprint density at radius 3 is 2.75 bits per heavy atom. The molecule has 0 N–H and O–H groups in total. The molecule has 2 heteroatoms. The van der Waals surface area contributed by atoms with E-state index in [1.807, 2.05) is 11.8 Å². The van der Waals surface area contributed by atoms with E-state index in [9.17, 15) is 4.79 Å². The van der Waals surface area contributed by atoms with Crippen LogP contribution in [0.2, 0.25) is 0 Å². The summed E-state index contributed by atoms with van der Waals surface area (Å²) in [5.74, 6) is 4.85. The van der Waals surface area contributed by atoms with Crippen LogP contribution < -0.4 is 0 Å². The number of Topliss-reactive ketones (excluding diaryl/α,β-unsaturated/α-hetero) is 1. The van der Waals surface area contributed by atoms with Crippen molar-refractivity contribution in [2.75, 3.05) is 5.75 Å². The first-order valence-corrected chi connectivity index (χ1v) is 8.02. The standard InChI is InChI=1S/C14H22OS/c15-13-3-1-2-4-14(13)16-9-12-8-10-5-6-11(12)7-10/h10-12,14H,1-9H2. The molecule has 3 fully saturated rings. The van der Waals surface area contributed by atoms with Crippen molar-refractivity contribution >= 4 is 17.5 Å². The minimum atomic E-state index is 0.368. The first kappa shape index (κ1) is 11.1. The molecule has 0 saturated heterocycles. The quantitative estimate of drug-likeness (QED) is 0.746. The monoisotopic (exact) mass is 238 g/mol. The smallest absolute Gasteiger partial charge is 0.145 e. The first-order valence-electron chi connectivity index (χ1n) is 6.97. The van der Waals surface area contributed by atoms with Gasteiger partial charge in [-0.2, -0.15) is 11.8 Å². The minimum absolute atomic E-state index is 0.368. The molecule has 3 rings (SSSR count). The summed E-state index contributed by atoms with van der Waals surface area (Å²) in [6.45, 7) is 0. The predicted octanol–water partition coefficient (Wildman–Crippen LogP) is 3.67. The Hall–Kier alpha value is 0.0200. The lowest BCUT2D eigenvalue weighted by Crippen LogP contribution is -2.23. The topological polar surface area (TPSA) is 17.1 Å². The molecule has 3 aliphatic rings. The molecule has 0 amide bonds. The maximum atomic E-state index is 11.7. The van der Waals surface area contributed by atoms with E-state index in [2.05, 4.69) is 0 Å². The lowest BCUT2D eigenvalue weighted by molar-refractivity contribution is -0.119. The van der Waals surface area contributed by atoms with E-state index in [0.717, 1.165) is 37.0 Å². The summed E-state index contributed by atoms with van der Waals surface area (Å²) in [6.07, 6.45) is 10.4. The van der Waals surface area contributed by atoms with Gasteiger partial charge in [0.05, 0.1) is 5.25 Å². The number of hydrogen-bond donors (Lipinski definition) is 0. The van der Waals surface area contributed by atoms with Crippen molar-refractivity contribution in [1.29, 1.82) is 0 Å². The van der Waals surface area contributed by atoms with Crippen LogP contribution in [0.15, 0.2) is 0 Å². The van der Waals surface area contributed by atoms with Crippen molar-refractivity contribution < 1.29 is 4.79 Å². The molecule has 0 radical (unpaired) electrons. The van der Waals surface area contributed by atoms with Crippen LogP contribution in [0.25, 0.3) is 0 Å². The Balaban J connectivity index is 1.47. The molecule has 16 heavy (non-hydrogen) atoms. The molecule has 2 bridgehead atoms. The molecule has 4 unspecified atom stereocenters. The zero-order valence-electron chi connectivity index (χ0n) is 9.99. The van der Waals surface area contributed by atoms with E-state index in [-0.39, 0.29) is 0 Å². The second-order valence-corrected chi connectivity index (χ2v) is 7.20. The van der Waals surface area contributed by atoms with Gasteiger partial charge in [0.2, 0.25) is 0 Å². The number of hydrogen-bond acceptors (Lipinski definition) is 2. The molecule has 0 spiro atoms. The van der Waals surface area contributed by atoms with E-state index in [1.165, 1.54) is 37.9 Å². The summed E-state index contributed by atoms with van der Waals surface area (Å²) in [7, 11) is 0. The summed E-state index contributed by atoms with van der Waals surface area (Å²) < 4.78 is 0. The second kappa shape index (κ2) is 4.72. The summed E-state index contributed by atoms with van der Waals surface area (Å²) in [5.41, 5.74) is 0. The molecular formula is C14H22OS. The molecule has 0 aromatic heterocycles. The van der Waals surface area contributed by atoms with Crippen LogP contribution >= 0.6 is 11.8 Å². The van der Waals surface area contributed by atoms with Crippen molar-refractivity contribution in [3.8, 4) is 0 Å². The van der Waals surface area contributed by atoms with Gasteiger partial charge in [-0.1, -0.05) is 12.8 Å². The van der Waals surface area contributed by atoms with E-state index in [4.69, 9.17) is 0 Å². The predicted molar refractivity (Wildman–Crippen MR) is 68.7 cm³/mol. The molecule has 1 nitrogen and oxygen atoms in total. The normalized spacial score (nSPS) is 42.9. The zero-order chi connectivity index (χ0) is 11.0. The van der Waals surface area contributed by atoms with Crippen molar-refractivity contribution in [1.82, 2.24) is 0 Å². The average molecular weight is 238 g/mol. The highest BCUT2D eigenvalue weighted by Gasteiger charge is 2.39. The van der Waals surface area contributed by atoms with Gasteiger partial charge in [-0.05, 0) is 55.6 Å². The highest BCUT2D eigenvalue weighted by Crippen LogP contribution is 2.49. The number of rotatable bonds is 3. The van der Waals surface area contributed by atoms with Gasteiger partial charge in [-0.15, -0.1) is 0 Å². The Morgan fingerprint density at radius 1 is 1.12 bits per heavy atom. The molecule has 3 aliphatic carbocycles. The fourth-order valence-electron chi connectivity index (χ4n) is 3.95. The van der Waals surface area contributed by atoms with Gasteiger partial charge in [-0.25, -0.2) is 0 Å². The second-order valence-electron chi connectivity index (χ2n) is 5.97. The fraction of sp³-hybridized carbons (Fsp3) is 0.929. The number of carbonyl (C=O) groups is 1. The molecule has 0 aliphatic heterocycles. The summed E-state index contributed by atoms with van der Waals surface area (Å²) >= 11 is 1.99. The van der Waals surface area contributed by atoms with Gasteiger partial charge < -0.3 is 0 Å². The van der Waals surface area contributed by atoms with Crippen LogP contribution in [0.4, 0.5) is 0 Å². The van der Waals surface area contributed by atoms with E-state index < -0.39 is 0 Å². The Kier molecular flexibility index (Phi) is 3.28. The van der Waals surface area contributed by atoms with E-state index in [1.54, 1.807) is 0 Å². The van der Waals surface area contributed by atoms with Crippen LogP contribution in [0.5, 0.6) is 0 Å². The van der Waals surface area contributed by atoms with E-state index in [0.29, 0.717) is 11.0 Å². The lowest BCUT2D eigenvalue weighted by Gasteiger charge is -2.25. The van der Waals surface area contributed by atoms with Crippen molar-refractivity contribution in [2.24, 2.45) is 17.8 Å². The summed E-state index contributed by atoms with van der Waals surface area (Å²) in [5, 5.41) is 0.368. The zero-order valence-corrected chi connectivity index (χ0v) is 10.8. The number of carbonyl (C=O) groups excluding carboxylic acids is 1. The minimum Gasteiger partial charge on any atom is -0.298 e. The van der Waals surface area contributed by atoms with Gasteiger partial charge in [0.15, 0.2) is 0 Å². The van der Waals surface area contributed by atoms with Crippen molar-refractivity contribution in [3.05, 3.63) is 0 Å². The van der Waals surface area contributed by atoms with Crippen LogP contribution in [-0.4, -0.2) is 16.8 Å². The molecule has 0 aromatic carbocycles. The van der Waals surface area contributed by atoms with Gasteiger partial charge in [0.25, 0.3) is 0 Å². The van der Waals surface area contributed by atoms with Crippen LogP contribution in [-0.2, 0) is 4.79 Å². The highest BCUT2D eigenvalue weighted by molar-refractivity contribution is 8.00. The Bertz CT molecular complexity index is 276. The summed E-state index contributed by atoms with van der Waals surface area (Å²) in [4.78, 5) is 11.7. The van der Waals surface area contributed by atoms with Crippen LogP contribution in [0, 0.1) is 17.8 Å². The third-order valence-corrected chi connectivity index (χ3v) is 6.42. The maximum Gasteiger partial charge on any atom is 0.145 e. The number of ketones is 1. The molecule has 0 heterocycles. The fourth-order valence-corrected chi connectivity index (χ4v) is 5.47. The molecule has 90 valence electrons. The van der Waals surface area contributed by atoms with Crippen LogP contribution in [0.3, 0.4) is 0 Å². The van der Waals surface area contributed by atoms with Crippen molar-refractivity contribution in [3.63, 3.8) is 0 Å². The highest BCUT2D eigenvalue weighted by atomic mass is 32.2.